The highest BCUT2D eigenvalue weighted by atomic mass is 32.2. The predicted molar refractivity (Wildman–Crippen MR) is 103 cm³/mol. The lowest BCUT2D eigenvalue weighted by Gasteiger charge is -2.38. The van der Waals surface area contributed by atoms with Gasteiger partial charge in [0.15, 0.2) is 0 Å². The van der Waals surface area contributed by atoms with E-state index in [-0.39, 0.29) is 31.8 Å². The lowest BCUT2D eigenvalue weighted by atomic mass is 10.1. The van der Waals surface area contributed by atoms with Gasteiger partial charge in [-0.05, 0) is 25.5 Å². The maximum atomic E-state index is 14.3. The number of hydrogen-bond donors (Lipinski definition) is 0. The molecule has 0 unspecified atom stereocenters. The fourth-order valence-corrected chi connectivity index (χ4v) is 4.39. The summed E-state index contributed by atoms with van der Waals surface area (Å²) in [5.41, 5.74) is -0.157. The molecule has 0 N–H and O–H groups in total. The topological polar surface area (TPSA) is 87.2 Å². The summed E-state index contributed by atoms with van der Waals surface area (Å²) in [6.45, 7) is 4.75. The second-order valence-corrected chi connectivity index (χ2v) is 8.30. The summed E-state index contributed by atoms with van der Waals surface area (Å²) in [5.74, 6) is -1.13. The number of ether oxygens (including phenoxy) is 1. The van der Waals surface area contributed by atoms with Crippen molar-refractivity contribution in [1.82, 2.24) is 9.80 Å². The molecular formula is C18H26FN3O5S. The van der Waals surface area contributed by atoms with Crippen molar-refractivity contribution in [3.05, 3.63) is 30.1 Å². The summed E-state index contributed by atoms with van der Waals surface area (Å²) in [4.78, 5) is 27.9. The normalized spacial score (nSPS) is 15.9. The minimum Gasteiger partial charge on any atom is -0.450 e. The van der Waals surface area contributed by atoms with Crippen molar-refractivity contribution < 1.29 is 27.1 Å². The zero-order valence-electron chi connectivity index (χ0n) is 16.3. The third-order valence-corrected chi connectivity index (χ3v) is 5.69. The van der Waals surface area contributed by atoms with Crippen molar-refractivity contribution in [2.75, 3.05) is 43.3 Å². The number of carbonyl (C=O) groups excluding carboxylic acids is 2. The monoisotopic (exact) mass is 415 g/mol. The van der Waals surface area contributed by atoms with Crippen LogP contribution in [0.1, 0.15) is 20.3 Å². The van der Waals surface area contributed by atoms with Crippen molar-refractivity contribution in [2.24, 2.45) is 0 Å². The van der Waals surface area contributed by atoms with Gasteiger partial charge in [0.05, 0.1) is 18.6 Å². The van der Waals surface area contributed by atoms with E-state index >= 15 is 0 Å². The standard InChI is InChI=1S/C18H26FN3O5S/c1-4-15(22(28(3,25)26)16-9-7-6-8-14(16)19)17(23)20-10-12-21(13-11-20)18(24)27-5-2/h6-9,15H,4-5,10-13H2,1-3H3/t15-/m1/s1. The number of benzene rings is 1. The zero-order valence-corrected chi connectivity index (χ0v) is 17.1. The van der Waals surface area contributed by atoms with Gasteiger partial charge in [-0.25, -0.2) is 17.6 Å². The summed E-state index contributed by atoms with van der Waals surface area (Å²) in [7, 11) is -3.91. The first kappa shape index (κ1) is 21.9. The molecule has 0 radical (unpaired) electrons. The molecule has 1 fully saturated rings. The second-order valence-electron chi connectivity index (χ2n) is 6.45. The molecule has 0 aliphatic carbocycles. The Hall–Kier alpha value is -2.36. The Balaban J connectivity index is 2.22. The van der Waals surface area contributed by atoms with Crippen LogP contribution < -0.4 is 4.31 Å². The number of piperazine rings is 1. The van der Waals surface area contributed by atoms with Gasteiger partial charge in [0.1, 0.15) is 11.9 Å². The number of sulfonamides is 1. The average Bonchev–Trinajstić information content (AvgIpc) is 2.66. The van der Waals surface area contributed by atoms with Crippen LogP contribution in [0, 0.1) is 5.82 Å². The molecule has 2 rings (SSSR count). The zero-order chi connectivity index (χ0) is 20.9. The first-order valence-electron chi connectivity index (χ1n) is 9.15. The molecule has 8 nitrogen and oxygen atoms in total. The quantitative estimate of drug-likeness (QED) is 0.705. The van der Waals surface area contributed by atoms with Crippen LogP contribution in [0.4, 0.5) is 14.9 Å². The van der Waals surface area contributed by atoms with Gasteiger partial charge in [-0.1, -0.05) is 19.1 Å². The molecule has 0 saturated carbocycles. The van der Waals surface area contributed by atoms with Crippen LogP contribution in [0.3, 0.4) is 0 Å². The molecule has 10 heteroatoms. The Bertz CT molecular complexity index is 809. The Morgan fingerprint density at radius 2 is 1.71 bits per heavy atom. The molecule has 2 amide bonds. The molecule has 1 aliphatic rings. The Morgan fingerprint density at radius 1 is 1.14 bits per heavy atom. The Morgan fingerprint density at radius 3 is 2.21 bits per heavy atom. The molecule has 1 aliphatic heterocycles. The highest BCUT2D eigenvalue weighted by Gasteiger charge is 2.36. The van der Waals surface area contributed by atoms with Crippen LogP contribution in [-0.2, 0) is 19.6 Å². The lowest BCUT2D eigenvalue weighted by Crippen LogP contribution is -2.56. The fraction of sp³-hybridized carbons (Fsp3) is 0.556. The highest BCUT2D eigenvalue weighted by molar-refractivity contribution is 7.92. The predicted octanol–water partition coefficient (Wildman–Crippen LogP) is 1.67. The molecule has 1 saturated heterocycles. The van der Waals surface area contributed by atoms with Crippen LogP contribution in [-0.4, -0.2) is 75.3 Å². The Labute approximate surface area is 164 Å². The average molecular weight is 415 g/mol. The van der Waals surface area contributed by atoms with Gasteiger partial charge in [-0.2, -0.15) is 0 Å². The van der Waals surface area contributed by atoms with E-state index in [1.807, 2.05) is 0 Å². The summed E-state index contributed by atoms with van der Waals surface area (Å²) >= 11 is 0. The summed E-state index contributed by atoms with van der Waals surface area (Å²) < 4.78 is 44.9. The molecule has 1 aromatic rings. The molecule has 28 heavy (non-hydrogen) atoms. The number of nitrogens with zero attached hydrogens (tertiary/aromatic N) is 3. The first-order valence-corrected chi connectivity index (χ1v) is 11.0. The largest absolute Gasteiger partial charge is 0.450 e. The van der Waals surface area contributed by atoms with Crippen LogP contribution in [0.15, 0.2) is 24.3 Å². The minimum atomic E-state index is -3.91. The van der Waals surface area contributed by atoms with Gasteiger partial charge in [0, 0.05) is 26.2 Å². The maximum Gasteiger partial charge on any atom is 0.409 e. The summed E-state index contributed by atoms with van der Waals surface area (Å²) in [5, 5.41) is 0. The molecule has 0 aromatic heterocycles. The van der Waals surface area contributed by atoms with Crippen LogP contribution >= 0.6 is 0 Å². The van der Waals surface area contributed by atoms with E-state index in [0.29, 0.717) is 13.1 Å². The summed E-state index contributed by atoms with van der Waals surface area (Å²) in [6, 6.07) is 4.40. The molecule has 156 valence electrons. The van der Waals surface area contributed by atoms with Crippen LogP contribution in [0.5, 0.6) is 0 Å². The number of carbonyl (C=O) groups is 2. The highest BCUT2D eigenvalue weighted by Crippen LogP contribution is 2.26. The van der Waals surface area contributed by atoms with E-state index < -0.39 is 33.9 Å². The van der Waals surface area contributed by atoms with Crippen molar-refractivity contribution in [3.63, 3.8) is 0 Å². The number of amides is 2. The minimum absolute atomic E-state index is 0.157. The van der Waals surface area contributed by atoms with Gasteiger partial charge >= 0.3 is 6.09 Å². The third kappa shape index (κ3) is 4.92. The number of anilines is 1. The molecule has 1 heterocycles. The second kappa shape index (κ2) is 9.22. The van der Waals surface area contributed by atoms with E-state index in [1.165, 1.54) is 28.0 Å². The molecular weight excluding hydrogens is 389 g/mol. The third-order valence-electron chi connectivity index (χ3n) is 4.52. The number of halogens is 1. The van der Waals surface area contributed by atoms with Crippen LogP contribution in [0.2, 0.25) is 0 Å². The SMILES string of the molecule is CCOC(=O)N1CCN(C(=O)[C@@H](CC)N(c2ccccc2F)S(C)(=O)=O)CC1. The van der Waals surface area contributed by atoms with Crippen molar-refractivity contribution in [1.29, 1.82) is 0 Å². The number of para-hydroxylation sites is 1. The molecule has 1 aromatic carbocycles. The lowest BCUT2D eigenvalue weighted by molar-refractivity contribution is -0.134. The van der Waals surface area contributed by atoms with Gasteiger partial charge in [-0.15, -0.1) is 0 Å². The van der Waals surface area contributed by atoms with Gasteiger partial charge in [0.2, 0.25) is 15.9 Å². The Kier molecular flexibility index (Phi) is 7.22. The van der Waals surface area contributed by atoms with Crippen molar-refractivity contribution in [3.8, 4) is 0 Å². The smallest absolute Gasteiger partial charge is 0.409 e. The first-order chi connectivity index (χ1) is 13.2. The van der Waals surface area contributed by atoms with E-state index in [0.717, 1.165) is 16.6 Å². The fourth-order valence-electron chi connectivity index (χ4n) is 3.18. The van der Waals surface area contributed by atoms with E-state index in [9.17, 15) is 22.4 Å². The summed E-state index contributed by atoms with van der Waals surface area (Å²) in [6.07, 6.45) is 0.692. The molecule has 1 atom stereocenters. The van der Waals surface area contributed by atoms with Crippen molar-refractivity contribution in [2.45, 2.75) is 26.3 Å². The van der Waals surface area contributed by atoms with E-state index in [1.54, 1.807) is 13.8 Å². The molecule has 0 spiro atoms. The maximum absolute atomic E-state index is 14.3. The molecule has 0 bridgehead atoms. The van der Waals surface area contributed by atoms with Crippen molar-refractivity contribution >= 4 is 27.7 Å². The van der Waals surface area contributed by atoms with Gasteiger partial charge in [0.25, 0.3) is 0 Å². The van der Waals surface area contributed by atoms with Gasteiger partial charge in [-0.3, -0.25) is 9.10 Å². The van der Waals surface area contributed by atoms with E-state index in [2.05, 4.69) is 0 Å². The van der Waals surface area contributed by atoms with Crippen LogP contribution in [0.25, 0.3) is 0 Å². The number of rotatable bonds is 6. The van der Waals surface area contributed by atoms with E-state index in [4.69, 9.17) is 4.74 Å². The van der Waals surface area contributed by atoms with Gasteiger partial charge < -0.3 is 14.5 Å². The number of hydrogen-bond acceptors (Lipinski definition) is 5.